The SMILES string of the molecule is CCOc1cccc(NCc2ccc(C)s2)c1[N+](=O)[O-]. The Morgan fingerprint density at radius 3 is 2.75 bits per heavy atom. The van der Waals surface area contributed by atoms with E-state index in [1.165, 1.54) is 4.88 Å². The summed E-state index contributed by atoms with van der Waals surface area (Å²) >= 11 is 1.67. The number of anilines is 1. The van der Waals surface area contributed by atoms with Gasteiger partial charge in [-0.05, 0) is 38.1 Å². The molecule has 0 aliphatic rings. The van der Waals surface area contributed by atoms with Crippen molar-refractivity contribution in [2.75, 3.05) is 11.9 Å². The molecule has 0 amide bonds. The highest BCUT2D eigenvalue weighted by atomic mass is 32.1. The summed E-state index contributed by atoms with van der Waals surface area (Å²) in [4.78, 5) is 13.2. The molecule has 0 saturated heterocycles. The Morgan fingerprint density at radius 2 is 2.15 bits per heavy atom. The monoisotopic (exact) mass is 292 g/mol. The molecular weight excluding hydrogens is 276 g/mol. The smallest absolute Gasteiger partial charge is 0.333 e. The molecule has 1 aromatic carbocycles. The van der Waals surface area contributed by atoms with Gasteiger partial charge in [0.25, 0.3) is 0 Å². The molecule has 20 heavy (non-hydrogen) atoms. The maximum atomic E-state index is 11.2. The third-order valence-electron chi connectivity index (χ3n) is 2.73. The van der Waals surface area contributed by atoms with Crippen molar-refractivity contribution in [3.8, 4) is 5.75 Å². The number of hydrogen-bond acceptors (Lipinski definition) is 5. The lowest BCUT2D eigenvalue weighted by Gasteiger charge is -2.09. The minimum atomic E-state index is -0.410. The van der Waals surface area contributed by atoms with E-state index in [4.69, 9.17) is 4.74 Å². The summed E-state index contributed by atoms with van der Waals surface area (Å²) in [7, 11) is 0. The van der Waals surface area contributed by atoms with E-state index in [-0.39, 0.29) is 5.69 Å². The molecule has 0 radical (unpaired) electrons. The van der Waals surface area contributed by atoms with Gasteiger partial charge in [0.2, 0.25) is 0 Å². The molecule has 1 aromatic heterocycles. The van der Waals surface area contributed by atoms with Gasteiger partial charge in [-0.3, -0.25) is 10.1 Å². The predicted molar refractivity (Wildman–Crippen MR) is 80.6 cm³/mol. The minimum Gasteiger partial charge on any atom is -0.487 e. The van der Waals surface area contributed by atoms with Crippen molar-refractivity contribution in [3.63, 3.8) is 0 Å². The van der Waals surface area contributed by atoms with Crippen LogP contribution in [0.15, 0.2) is 30.3 Å². The van der Waals surface area contributed by atoms with Crippen molar-refractivity contribution >= 4 is 22.7 Å². The summed E-state index contributed by atoms with van der Waals surface area (Å²) < 4.78 is 5.32. The quantitative estimate of drug-likeness (QED) is 0.646. The van der Waals surface area contributed by atoms with Crippen LogP contribution in [0.4, 0.5) is 11.4 Å². The molecule has 1 heterocycles. The van der Waals surface area contributed by atoms with Crippen LogP contribution in [0.5, 0.6) is 5.75 Å². The lowest BCUT2D eigenvalue weighted by atomic mass is 10.2. The Morgan fingerprint density at radius 1 is 1.35 bits per heavy atom. The lowest BCUT2D eigenvalue weighted by Crippen LogP contribution is -2.04. The van der Waals surface area contributed by atoms with E-state index >= 15 is 0 Å². The first-order chi connectivity index (χ1) is 9.61. The van der Waals surface area contributed by atoms with E-state index in [1.54, 1.807) is 36.5 Å². The van der Waals surface area contributed by atoms with E-state index in [0.717, 1.165) is 4.88 Å². The van der Waals surface area contributed by atoms with Gasteiger partial charge in [0, 0.05) is 16.3 Å². The largest absolute Gasteiger partial charge is 0.487 e. The minimum absolute atomic E-state index is 0.0115. The Labute approximate surface area is 121 Å². The third-order valence-corrected chi connectivity index (χ3v) is 3.73. The fourth-order valence-electron chi connectivity index (χ4n) is 1.89. The average molecular weight is 292 g/mol. The number of nitro groups is 1. The number of nitro benzene ring substituents is 1. The van der Waals surface area contributed by atoms with Gasteiger partial charge < -0.3 is 10.1 Å². The molecular formula is C14H16N2O3S. The van der Waals surface area contributed by atoms with Gasteiger partial charge in [-0.1, -0.05) is 6.07 Å². The van der Waals surface area contributed by atoms with E-state index in [1.807, 2.05) is 19.1 Å². The van der Waals surface area contributed by atoms with Crippen LogP contribution in [-0.4, -0.2) is 11.5 Å². The Bertz CT molecular complexity index is 610. The maximum absolute atomic E-state index is 11.2. The van der Waals surface area contributed by atoms with Gasteiger partial charge in [-0.15, -0.1) is 11.3 Å². The number of para-hydroxylation sites is 1. The second kappa shape index (κ2) is 6.38. The summed E-state index contributed by atoms with van der Waals surface area (Å²) in [5, 5.41) is 14.3. The Hall–Kier alpha value is -2.08. The second-order valence-corrected chi connectivity index (χ2v) is 5.58. The van der Waals surface area contributed by atoms with E-state index in [0.29, 0.717) is 24.6 Å². The second-order valence-electron chi connectivity index (χ2n) is 4.21. The van der Waals surface area contributed by atoms with Gasteiger partial charge in [0.05, 0.1) is 11.5 Å². The molecule has 0 fully saturated rings. The van der Waals surface area contributed by atoms with Crippen LogP contribution in [-0.2, 0) is 6.54 Å². The first-order valence-corrected chi connectivity index (χ1v) is 7.13. The van der Waals surface area contributed by atoms with Crippen molar-refractivity contribution < 1.29 is 9.66 Å². The molecule has 106 valence electrons. The zero-order valence-electron chi connectivity index (χ0n) is 11.4. The van der Waals surface area contributed by atoms with Crippen LogP contribution in [0.1, 0.15) is 16.7 Å². The van der Waals surface area contributed by atoms with Crippen LogP contribution in [0.3, 0.4) is 0 Å². The standard InChI is InChI=1S/C14H16N2O3S/c1-3-19-13-6-4-5-12(14(13)16(17)18)15-9-11-8-7-10(2)20-11/h4-8,15H,3,9H2,1-2H3. The zero-order chi connectivity index (χ0) is 14.5. The van der Waals surface area contributed by atoms with Gasteiger partial charge in [0.15, 0.2) is 5.75 Å². The first kappa shape index (κ1) is 14.3. The van der Waals surface area contributed by atoms with Gasteiger partial charge in [0.1, 0.15) is 5.69 Å². The molecule has 5 nitrogen and oxygen atoms in total. The predicted octanol–water partition coefficient (Wildman–Crippen LogP) is 3.98. The molecule has 1 N–H and O–H groups in total. The van der Waals surface area contributed by atoms with Crippen LogP contribution < -0.4 is 10.1 Å². The summed E-state index contributed by atoms with van der Waals surface area (Å²) in [5.41, 5.74) is 0.467. The number of nitrogens with one attached hydrogen (secondary N) is 1. The van der Waals surface area contributed by atoms with E-state index < -0.39 is 4.92 Å². The molecule has 6 heteroatoms. The van der Waals surface area contributed by atoms with E-state index in [9.17, 15) is 10.1 Å². The number of rotatable bonds is 6. The fraction of sp³-hybridized carbons (Fsp3) is 0.286. The molecule has 0 atom stereocenters. The van der Waals surface area contributed by atoms with E-state index in [2.05, 4.69) is 5.32 Å². The molecule has 0 unspecified atom stereocenters. The van der Waals surface area contributed by atoms with Crippen LogP contribution in [0.2, 0.25) is 0 Å². The van der Waals surface area contributed by atoms with Crippen LogP contribution >= 0.6 is 11.3 Å². The maximum Gasteiger partial charge on any atom is 0.333 e. The lowest BCUT2D eigenvalue weighted by molar-refractivity contribution is -0.384. The summed E-state index contributed by atoms with van der Waals surface area (Å²) in [6.07, 6.45) is 0. The number of hydrogen-bond donors (Lipinski definition) is 1. The number of aryl methyl sites for hydroxylation is 1. The third kappa shape index (κ3) is 3.27. The van der Waals surface area contributed by atoms with Gasteiger partial charge >= 0.3 is 5.69 Å². The zero-order valence-corrected chi connectivity index (χ0v) is 12.2. The van der Waals surface area contributed by atoms with Crippen LogP contribution in [0, 0.1) is 17.0 Å². The molecule has 2 rings (SSSR count). The van der Waals surface area contributed by atoms with Crippen molar-refractivity contribution in [1.82, 2.24) is 0 Å². The number of thiophene rings is 1. The Kier molecular flexibility index (Phi) is 4.57. The summed E-state index contributed by atoms with van der Waals surface area (Å²) in [6, 6.07) is 9.11. The summed E-state index contributed by atoms with van der Waals surface area (Å²) in [5.74, 6) is 0.296. The van der Waals surface area contributed by atoms with Crippen LogP contribution in [0.25, 0.3) is 0 Å². The highest BCUT2D eigenvalue weighted by Crippen LogP contribution is 2.35. The van der Waals surface area contributed by atoms with Crippen molar-refractivity contribution in [2.45, 2.75) is 20.4 Å². The molecule has 0 aliphatic heterocycles. The first-order valence-electron chi connectivity index (χ1n) is 6.31. The number of nitrogens with zero attached hydrogens (tertiary/aromatic N) is 1. The highest BCUT2D eigenvalue weighted by Gasteiger charge is 2.20. The molecule has 0 aliphatic carbocycles. The van der Waals surface area contributed by atoms with Crippen molar-refractivity contribution in [3.05, 3.63) is 50.2 Å². The molecule has 0 spiro atoms. The number of benzene rings is 1. The summed E-state index contributed by atoms with van der Waals surface area (Å²) in [6.45, 7) is 4.80. The molecule has 0 saturated carbocycles. The van der Waals surface area contributed by atoms with Gasteiger partial charge in [-0.2, -0.15) is 0 Å². The Balaban J connectivity index is 2.22. The average Bonchev–Trinajstić information content (AvgIpc) is 2.82. The topological polar surface area (TPSA) is 64.4 Å². The highest BCUT2D eigenvalue weighted by molar-refractivity contribution is 7.11. The normalized spacial score (nSPS) is 10.3. The molecule has 0 bridgehead atoms. The number of ether oxygens (including phenoxy) is 1. The fourth-order valence-corrected chi connectivity index (χ4v) is 2.72. The van der Waals surface area contributed by atoms with Crippen molar-refractivity contribution in [1.29, 1.82) is 0 Å². The van der Waals surface area contributed by atoms with Gasteiger partial charge in [-0.25, -0.2) is 0 Å². The molecule has 2 aromatic rings. The van der Waals surface area contributed by atoms with Crippen molar-refractivity contribution in [2.24, 2.45) is 0 Å².